The van der Waals surface area contributed by atoms with Crippen LogP contribution in [0, 0.1) is 0 Å². The Morgan fingerprint density at radius 2 is 1.45 bits per heavy atom. The molecule has 1 heterocycles. The monoisotopic (exact) mass is 456 g/mol. The van der Waals surface area contributed by atoms with Crippen LogP contribution in [0.2, 0.25) is 0 Å². The molecule has 0 saturated heterocycles. The second-order valence-corrected chi connectivity index (χ2v) is 9.10. The van der Waals surface area contributed by atoms with Gasteiger partial charge in [-0.2, -0.15) is 0 Å². The molecule has 0 aliphatic heterocycles. The van der Waals surface area contributed by atoms with Crippen molar-refractivity contribution in [2.45, 2.75) is 103 Å². The number of aromatic amines is 1. The zero-order valence-electron chi connectivity index (χ0n) is 20.6. The molecule has 0 fully saturated rings. The molecule has 0 saturated carbocycles. The molecule has 0 bridgehead atoms. The van der Waals surface area contributed by atoms with Crippen LogP contribution in [0.5, 0.6) is 0 Å². The summed E-state index contributed by atoms with van der Waals surface area (Å²) in [5, 5.41) is 3.89. The number of H-pyrrole nitrogens is 1. The Balaban J connectivity index is 1.37. The average Bonchev–Trinajstić information content (AvgIpc) is 3.22. The minimum Gasteiger partial charge on any atom is -0.464 e. The van der Waals surface area contributed by atoms with Crippen LogP contribution in [0.4, 0.5) is 0 Å². The van der Waals surface area contributed by atoms with Gasteiger partial charge in [-0.3, -0.25) is 9.59 Å². The maximum Gasteiger partial charge on any atom is 0.310 e. The van der Waals surface area contributed by atoms with Gasteiger partial charge in [0.1, 0.15) is 6.61 Å². The molecular formula is C28H44N2O3. The molecule has 184 valence electrons. The van der Waals surface area contributed by atoms with Gasteiger partial charge >= 0.3 is 5.97 Å². The average molecular weight is 457 g/mol. The fraction of sp³-hybridized carbons (Fsp3) is 0.643. The van der Waals surface area contributed by atoms with Gasteiger partial charge in [0.05, 0.1) is 13.0 Å². The normalized spacial score (nSPS) is 11.1. The Morgan fingerprint density at radius 1 is 0.848 bits per heavy atom. The maximum atomic E-state index is 12.1. The second kappa shape index (κ2) is 17.2. The number of aromatic nitrogens is 1. The van der Waals surface area contributed by atoms with Gasteiger partial charge in [-0.15, -0.1) is 0 Å². The third kappa shape index (κ3) is 11.9. The van der Waals surface area contributed by atoms with Crippen LogP contribution < -0.4 is 5.32 Å². The summed E-state index contributed by atoms with van der Waals surface area (Å²) in [5.41, 5.74) is 1.95. The molecule has 0 unspecified atom stereocenters. The summed E-state index contributed by atoms with van der Waals surface area (Å²) in [5.74, 6) is -0.226. The predicted octanol–water partition coefficient (Wildman–Crippen LogP) is 6.85. The maximum absolute atomic E-state index is 12.1. The first kappa shape index (κ1) is 26.9. The van der Waals surface area contributed by atoms with E-state index in [0.717, 1.165) is 29.3 Å². The molecule has 1 aromatic heterocycles. The van der Waals surface area contributed by atoms with Crippen molar-refractivity contribution in [3.8, 4) is 0 Å². The molecule has 33 heavy (non-hydrogen) atoms. The minimum atomic E-state index is -0.273. The standard InChI is InChI=1S/C28H44N2O3/c1-2-3-4-5-6-7-8-9-10-11-12-13-14-19-27(31)29-20-21-33-28(32)22-24-23-30-26-18-16-15-17-25(24)26/h15-18,23,30H,2-14,19-22H2,1H3,(H,29,31). The number of para-hydroxylation sites is 1. The first-order valence-electron chi connectivity index (χ1n) is 13.2. The van der Waals surface area contributed by atoms with Gasteiger partial charge in [0.2, 0.25) is 5.91 Å². The predicted molar refractivity (Wildman–Crippen MR) is 136 cm³/mol. The number of amides is 1. The fourth-order valence-corrected chi connectivity index (χ4v) is 4.23. The van der Waals surface area contributed by atoms with E-state index < -0.39 is 0 Å². The molecule has 2 N–H and O–H groups in total. The number of unbranched alkanes of at least 4 members (excludes halogenated alkanes) is 12. The molecule has 0 spiro atoms. The quantitative estimate of drug-likeness (QED) is 0.179. The number of hydrogen-bond donors (Lipinski definition) is 2. The number of fused-ring (bicyclic) bond motifs is 1. The fourth-order valence-electron chi connectivity index (χ4n) is 4.23. The lowest BCUT2D eigenvalue weighted by Gasteiger charge is -2.07. The largest absolute Gasteiger partial charge is 0.464 e. The van der Waals surface area contributed by atoms with Crippen molar-refractivity contribution in [2.75, 3.05) is 13.2 Å². The smallest absolute Gasteiger partial charge is 0.310 e. The van der Waals surface area contributed by atoms with Crippen molar-refractivity contribution < 1.29 is 14.3 Å². The number of esters is 1. The molecule has 2 aromatic rings. The van der Waals surface area contributed by atoms with E-state index in [-0.39, 0.29) is 24.9 Å². The van der Waals surface area contributed by atoms with Crippen LogP contribution >= 0.6 is 0 Å². The minimum absolute atomic E-state index is 0.0470. The third-order valence-corrected chi connectivity index (χ3v) is 6.20. The van der Waals surface area contributed by atoms with E-state index >= 15 is 0 Å². The number of carbonyl (C=O) groups excluding carboxylic acids is 2. The zero-order valence-corrected chi connectivity index (χ0v) is 20.6. The number of hydrogen-bond acceptors (Lipinski definition) is 3. The Bertz CT molecular complexity index is 799. The lowest BCUT2D eigenvalue weighted by Crippen LogP contribution is -2.28. The topological polar surface area (TPSA) is 71.2 Å². The molecule has 0 radical (unpaired) electrons. The Kier molecular flexibility index (Phi) is 14.1. The molecule has 5 heteroatoms. The van der Waals surface area contributed by atoms with Crippen LogP contribution in [-0.2, 0) is 20.7 Å². The van der Waals surface area contributed by atoms with E-state index in [1.807, 2.05) is 30.5 Å². The Morgan fingerprint density at radius 3 is 2.12 bits per heavy atom. The van der Waals surface area contributed by atoms with Crippen molar-refractivity contribution in [1.29, 1.82) is 0 Å². The van der Waals surface area contributed by atoms with Gasteiger partial charge in [0.15, 0.2) is 0 Å². The molecule has 2 rings (SSSR count). The SMILES string of the molecule is CCCCCCCCCCCCCCCC(=O)NCCOC(=O)Cc1c[nH]c2ccccc12. The summed E-state index contributed by atoms with van der Waals surface area (Å²) < 4.78 is 5.27. The van der Waals surface area contributed by atoms with Crippen molar-refractivity contribution in [3.05, 3.63) is 36.0 Å². The van der Waals surface area contributed by atoms with E-state index in [4.69, 9.17) is 4.74 Å². The van der Waals surface area contributed by atoms with Gasteiger partial charge in [0, 0.05) is 23.5 Å². The second-order valence-electron chi connectivity index (χ2n) is 9.10. The highest BCUT2D eigenvalue weighted by Gasteiger charge is 2.10. The van der Waals surface area contributed by atoms with E-state index in [0.29, 0.717) is 13.0 Å². The van der Waals surface area contributed by atoms with E-state index in [1.165, 1.54) is 70.6 Å². The number of nitrogens with one attached hydrogen (secondary N) is 2. The van der Waals surface area contributed by atoms with Crippen molar-refractivity contribution in [3.63, 3.8) is 0 Å². The highest BCUT2D eigenvalue weighted by molar-refractivity contribution is 5.87. The highest BCUT2D eigenvalue weighted by atomic mass is 16.5. The van der Waals surface area contributed by atoms with Crippen molar-refractivity contribution in [1.82, 2.24) is 10.3 Å². The summed E-state index contributed by atoms with van der Waals surface area (Å²) in [6.07, 6.45) is 19.6. The lowest BCUT2D eigenvalue weighted by molar-refractivity contribution is -0.143. The molecular weight excluding hydrogens is 412 g/mol. The van der Waals surface area contributed by atoms with Crippen LogP contribution in [0.1, 0.15) is 102 Å². The summed E-state index contributed by atoms with van der Waals surface area (Å²) in [6.45, 7) is 2.85. The lowest BCUT2D eigenvalue weighted by atomic mass is 10.0. The first-order valence-corrected chi connectivity index (χ1v) is 13.2. The summed E-state index contributed by atoms with van der Waals surface area (Å²) in [7, 11) is 0. The highest BCUT2D eigenvalue weighted by Crippen LogP contribution is 2.18. The number of benzene rings is 1. The molecule has 1 amide bonds. The van der Waals surface area contributed by atoms with Crippen LogP contribution in [0.3, 0.4) is 0 Å². The van der Waals surface area contributed by atoms with Crippen molar-refractivity contribution in [2.24, 2.45) is 0 Å². The van der Waals surface area contributed by atoms with Gasteiger partial charge in [-0.1, -0.05) is 102 Å². The van der Waals surface area contributed by atoms with Gasteiger partial charge in [-0.05, 0) is 18.1 Å². The molecule has 0 aliphatic carbocycles. The molecule has 1 aromatic carbocycles. The summed E-state index contributed by atoms with van der Waals surface area (Å²) >= 11 is 0. The van der Waals surface area contributed by atoms with Gasteiger partial charge in [0.25, 0.3) is 0 Å². The van der Waals surface area contributed by atoms with Crippen LogP contribution in [0.25, 0.3) is 10.9 Å². The van der Waals surface area contributed by atoms with Crippen LogP contribution in [-0.4, -0.2) is 30.0 Å². The van der Waals surface area contributed by atoms with Gasteiger partial charge < -0.3 is 15.0 Å². The molecule has 0 atom stereocenters. The van der Waals surface area contributed by atoms with Crippen molar-refractivity contribution >= 4 is 22.8 Å². The first-order chi connectivity index (χ1) is 16.2. The summed E-state index contributed by atoms with van der Waals surface area (Å²) in [6, 6.07) is 7.89. The number of carbonyl (C=O) groups is 2. The summed E-state index contributed by atoms with van der Waals surface area (Å²) in [4.78, 5) is 27.2. The van der Waals surface area contributed by atoms with Crippen LogP contribution in [0.15, 0.2) is 30.5 Å². The van der Waals surface area contributed by atoms with E-state index in [1.54, 1.807) is 0 Å². The molecule has 5 nitrogen and oxygen atoms in total. The molecule has 0 aliphatic rings. The van der Waals surface area contributed by atoms with Gasteiger partial charge in [-0.25, -0.2) is 0 Å². The van der Waals surface area contributed by atoms with E-state index in [2.05, 4.69) is 17.2 Å². The third-order valence-electron chi connectivity index (χ3n) is 6.20. The number of ether oxygens (including phenoxy) is 1. The Labute approximate surface area is 200 Å². The Hall–Kier alpha value is -2.30. The number of rotatable bonds is 19. The zero-order chi connectivity index (χ0) is 23.6. The van der Waals surface area contributed by atoms with E-state index in [9.17, 15) is 9.59 Å².